The maximum absolute atomic E-state index is 14.0. The molecule has 0 saturated carbocycles. The molecule has 1 aromatic carbocycles. The molecule has 3 aromatic rings. The SMILES string of the molecule is C=CC(=O)N1CCN(CCCn2c(=O)c(-c3c(Cl)c(OC)cc(OC)c3Cl)cc3cnc(NCC(F)(F)F)nc32)CC1. The number of nitrogens with zero attached hydrogens (tertiary/aromatic N) is 5. The Kier molecular flexibility index (Phi) is 9.85. The summed E-state index contributed by atoms with van der Waals surface area (Å²) in [5, 5.41) is 2.71. The number of benzene rings is 1. The second kappa shape index (κ2) is 13.2. The van der Waals surface area contributed by atoms with Crippen molar-refractivity contribution in [2.75, 3.05) is 58.8 Å². The minimum Gasteiger partial charge on any atom is -0.495 e. The maximum atomic E-state index is 14.0. The van der Waals surface area contributed by atoms with Crippen LogP contribution < -0.4 is 20.3 Å². The van der Waals surface area contributed by atoms with Crippen LogP contribution in [0.15, 0.2) is 35.8 Å². The van der Waals surface area contributed by atoms with Crippen molar-refractivity contribution in [3.63, 3.8) is 0 Å². The van der Waals surface area contributed by atoms with Gasteiger partial charge in [0, 0.05) is 55.9 Å². The summed E-state index contributed by atoms with van der Waals surface area (Å²) in [6, 6.07) is 2.99. The van der Waals surface area contributed by atoms with Crippen molar-refractivity contribution >= 4 is 46.1 Å². The van der Waals surface area contributed by atoms with Crippen LogP contribution >= 0.6 is 23.2 Å². The molecule has 1 fully saturated rings. The summed E-state index contributed by atoms with van der Waals surface area (Å²) in [4.78, 5) is 38.0. The highest BCUT2D eigenvalue weighted by atomic mass is 35.5. The van der Waals surface area contributed by atoms with Crippen LogP contribution in [0.4, 0.5) is 19.1 Å². The van der Waals surface area contributed by atoms with Gasteiger partial charge in [-0.05, 0) is 25.1 Å². The van der Waals surface area contributed by atoms with Gasteiger partial charge in [-0.1, -0.05) is 29.8 Å². The van der Waals surface area contributed by atoms with E-state index in [1.54, 1.807) is 4.90 Å². The van der Waals surface area contributed by atoms with Gasteiger partial charge in [0.05, 0.1) is 29.8 Å². The molecule has 2 aromatic heterocycles. The Morgan fingerprint density at radius 1 is 1.10 bits per heavy atom. The van der Waals surface area contributed by atoms with Crippen molar-refractivity contribution in [1.29, 1.82) is 0 Å². The van der Waals surface area contributed by atoms with Crippen LogP contribution in [-0.4, -0.2) is 89.9 Å². The average molecular weight is 629 g/mol. The quantitative estimate of drug-likeness (QED) is 0.328. The van der Waals surface area contributed by atoms with E-state index in [2.05, 4.69) is 26.8 Å². The Bertz CT molecular complexity index is 1510. The zero-order chi connectivity index (χ0) is 30.6. The number of carbonyl (C=O) groups excluding carboxylic acids is 1. The van der Waals surface area contributed by atoms with Gasteiger partial charge in [-0.25, -0.2) is 4.98 Å². The third-order valence-corrected chi connectivity index (χ3v) is 7.58. The van der Waals surface area contributed by atoms with Gasteiger partial charge in [0.15, 0.2) is 0 Å². The number of alkyl halides is 3. The number of halogens is 5. The molecule has 0 aliphatic carbocycles. The molecule has 3 heterocycles. The molecule has 0 spiro atoms. The fourth-order valence-electron chi connectivity index (χ4n) is 4.71. The molecule has 1 saturated heterocycles. The van der Waals surface area contributed by atoms with Crippen molar-refractivity contribution in [2.24, 2.45) is 0 Å². The number of methoxy groups -OCH3 is 2. The number of hydrogen-bond donors (Lipinski definition) is 1. The van der Waals surface area contributed by atoms with Crippen LogP contribution in [0, 0.1) is 0 Å². The lowest BCUT2D eigenvalue weighted by atomic mass is 10.0. The normalized spacial score (nSPS) is 14.2. The highest BCUT2D eigenvalue weighted by Gasteiger charge is 2.28. The van der Waals surface area contributed by atoms with E-state index in [9.17, 15) is 22.8 Å². The van der Waals surface area contributed by atoms with Gasteiger partial charge < -0.3 is 19.7 Å². The third kappa shape index (κ3) is 6.90. The van der Waals surface area contributed by atoms with Crippen LogP contribution in [0.3, 0.4) is 0 Å². The molecule has 0 atom stereocenters. The van der Waals surface area contributed by atoms with Gasteiger partial charge in [0.1, 0.15) is 23.7 Å². The number of hydrogen-bond acceptors (Lipinski definition) is 8. The average Bonchev–Trinajstić information content (AvgIpc) is 2.97. The number of aromatic nitrogens is 3. The third-order valence-electron chi connectivity index (χ3n) is 6.83. The number of amides is 1. The highest BCUT2D eigenvalue weighted by molar-refractivity contribution is 6.41. The number of pyridine rings is 1. The maximum Gasteiger partial charge on any atom is 0.405 e. The van der Waals surface area contributed by atoms with E-state index in [4.69, 9.17) is 32.7 Å². The van der Waals surface area contributed by atoms with Gasteiger partial charge in [0.2, 0.25) is 11.9 Å². The molecule has 10 nitrogen and oxygen atoms in total. The fraction of sp³-hybridized carbons (Fsp3) is 0.407. The van der Waals surface area contributed by atoms with Crippen LogP contribution in [0.1, 0.15) is 6.42 Å². The van der Waals surface area contributed by atoms with Crippen LogP contribution in [0.2, 0.25) is 10.0 Å². The lowest BCUT2D eigenvalue weighted by Crippen LogP contribution is -2.48. The van der Waals surface area contributed by atoms with Crippen LogP contribution in [-0.2, 0) is 11.3 Å². The lowest BCUT2D eigenvalue weighted by molar-refractivity contribution is -0.127. The fourth-order valence-corrected chi connectivity index (χ4v) is 5.41. The predicted octanol–water partition coefficient (Wildman–Crippen LogP) is 4.48. The first-order valence-corrected chi connectivity index (χ1v) is 13.7. The van der Waals surface area contributed by atoms with Crippen molar-refractivity contribution in [3.05, 3.63) is 51.4 Å². The standard InChI is InChI=1S/C27H29Cl2F3N6O4/c1-4-20(39)37-10-8-36(9-11-37)6-5-7-38-24-16(14-33-26(35-24)34-15-27(30,31)32)12-17(25(38)40)21-22(28)18(41-2)13-19(42-3)23(21)29/h4,12-14H,1,5-11,15H2,2-3H3,(H,33,34,35). The number of carbonyl (C=O) groups is 1. The first-order chi connectivity index (χ1) is 20.0. The summed E-state index contributed by atoms with van der Waals surface area (Å²) in [6.45, 7) is 5.38. The van der Waals surface area contributed by atoms with E-state index in [1.807, 2.05) is 0 Å². The minimum absolute atomic E-state index is 0.0858. The molecule has 42 heavy (non-hydrogen) atoms. The number of fused-ring (bicyclic) bond motifs is 1. The minimum atomic E-state index is -4.49. The lowest BCUT2D eigenvalue weighted by Gasteiger charge is -2.34. The van der Waals surface area contributed by atoms with E-state index in [1.165, 1.54) is 43.2 Å². The monoisotopic (exact) mass is 628 g/mol. The molecule has 0 radical (unpaired) electrons. The van der Waals surface area contributed by atoms with Crippen LogP contribution in [0.25, 0.3) is 22.2 Å². The number of piperazine rings is 1. The zero-order valence-corrected chi connectivity index (χ0v) is 24.4. The summed E-state index contributed by atoms with van der Waals surface area (Å²) in [7, 11) is 2.82. The number of rotatable bonds is 10. The molecular weight excluding hydrogens is 600 g/mol. The number of ether oxygens (including phenoxy) is 2. The number of nitrogens with one attached hydrogen (secondary N) is 1. The molecule has 1 amide bonds. The van der Waals surface area contributed by atoms with Gasteiger partial charge >= 0.3 is 6.18 Å². The van der Waals surface area contributed by atoms with Crippen molar-refractivity contribution in [1.82, 2.24) is 24.3 Å². The molecule has 226 valence electrons. The van der Waals surface area contributed by atoms with Gasteiger partial charge in [0.25, 0.3) is 5.56 Å². The van der Waals surface area contributed by atoms with Gasteiger partial charge in [-0.3, -0.25) is 19.1 Å². The smallest absolute Gasteiger partial charge is 0.405 e. The van der Waals surface area contributed by atoms with E-state index in [0.29, 0.717) is 44.5 Å². The predicted molar refractivity (Wildman–Crippen MR) is 155 cm³/mol. The molecule has 1 N–H and O–H groups in total. The summed E-state index contributed by atoms with van der Waals surface area (Å²) in [5.74, 6) is 0.0698. The second-order valence-electron chi connectivity index (χ2n) is 9.46. The summed E-state index contributed by atoms with van der Waals surface area (Å²) in [5.41, 5.74) is -0.0706. The molecule has 1 aliphatic rings. The van der Waals surface area contributed by atoms with Gasteiger partial charge in [-0.2, -0.15) is 18.2 Å². The van der Waals surface area contributed by atoms with E-state index in [-0.39, 0.29) is 56.7 Å². The first kappa shape index (κ1) is 31.4. The van der Waals surface area contributed by atoms with E-state index < -0.39 is 18.3 Å². The topological polar surface area (TPSA) is 102 Å². The van der Waals surface area contributed by atoms with Crippen molar-refractivity contribution in [2.45, 2.75) is 19.1 Å². The first-order valence-electron chi connectivity index (χ1n) is 12.9. The number of anilines is 1. The molecule has 4 rings (SSSR count). The Morgan fingerprint density at radius 3 is 2.31 bits per heavy atom. The van der Waals surface area contributed by atoms with E-state index >= 15 is 0 Å². The number of aryl methyl sites for hydroxylation is 1. The highest BCUT2D eigenvalue weighted by Crippen LogP contribution is 2.45. The molecular formula is C27H29Cl2F3N6O4. The Balaban J connectivity index is 1.73. The summed E-state index contributed by atoms with van der Waals surface area (Å²) >= 11 is 13.2. The molecule has 1 aliphatic heterocycles. The van der Waals surface area contributed by atoms with Crippen molar-refractivity contribution < 1.29 is 27.4 Å². The molecule has 15 heteroatoms. The van der Waals surface area contributed by atoms with Gasteiger partial charge in [-0.15, -0.1) is 0 Å². The largest absolute Gasteiger partial charge is 0.495 e. The van der Waals surface area contributed by atoms with E-state index in [0.717, 1.165) is 0 Å². The summed E-state index contributed by atoms with van der Waals surface area (Å²) < 4.78 is 50.5. The Hall–Kier alpha value is -3.55. The van der Waals surface area contributed by atoms with Crippen molar-refractivity contribution in [3.8, 4) is 22.6 Å². The molecule has 0 bridgehead atoms. The molecule has 0 unspecified atom stereocenters. The van der Waals surface area contributed by atoms with Crippen LogP contribution in [0.5, 0.6) is 11.5 Å². The summed E-state index contributed by atoms with van der Waals surface area (Å²) in [6.07, 6.45) is -1.36. The second-order valence-corrected chi connectivity index (χ2v) is 10.2. The Morgan fingerprint density at radius 2 is 1.74 bits per heavy atom. The zero-order valence-electron chi connectivity index (χ0n) is 22.9. The Labute approximate surface area is 249 Å².